The molecule has 0 fully saturated rings. The largest absolute Gasteiger partial charge is 0.307 e. The number of nitrogens with one attached hydrogen (secondary N) is 1. The molecule has 0 saturated carbocycles. The van der Waals surface area contributed by atoms with Crippen molar-refractivity contribution in [2.45, 2.75) is 6.54 Å². The highest BCUT2D eigenvalue weighted by molar-refractivity contribution is 5.99. The maximum absolute atomic E-state index is 11.9. The fourth-order valence-electron chi connectivity index (χ4n) is 1.94. The highest BCUT2D eigenvalue weighted by atomic mass is 16.2. The molecule has 0 spiro atoms. The van der Waals surface area contributed by atoms with E-state index in [0.717, 1.165) is 10.9 Å². The zero-order valence-corrected chi connectivity index (χ0v) is 10.3. The predicted molar refractivity (Wildman–Crippen MR) is 69.4 cm³/mol. The summed E-state index contributed by atoms with van der Waals surface area (Å²) in [6.45, 7) is 0.116. The van der Waals surface area contributed by atoms with E-state index in [1.54, 1.807) is 4.68 Å². The van der Waals surface area contributed by atoms with Crippen LogP contribution in [0, 0.1) is 0 Å². The first kappa shape index (κ1) is 11.4. The van der Waals surface area contributed by atoms with E-state index in [2.05, 4.69) is 20.5 Å². The van der Waals surface area contributed by atoms with Crippen LogP contribution in [0.25, 0.3) is 10.9 Å². The van der Waals surface area contributed by atoms with Gasteiger partial charge in [0.05, 0.1) is 5.52 Å². The number of carbonyl (C=O) groups excluding carboxylic acids is 1. The Bertz CT molecular complexity index is 715. The second-order valence-electron chi connectivity index (χ2n) is 4.13. The molecule has 2 aromatic heterocycles. The molecule has 3 aromatic rings. The van der Waals surface area contributed by atoms with Gasteiger partial charge in [0.25, 0.3) is 0 Å². The van der Waals surface area contributed by atoms with Gasteiger partial charge < -0.3 is 5.32 Å². The van der Waals surface area contributed by atoms with Gasteiger partial charge in [0, 0.05) is 12.4 Å². The minimum atomic E-state index is -0.186. The van der Waals surface area contributed by atoms with Crippen molar-refractivity contribution in [2.75, 3.05) is 5.32 Å². The molecule has 3 rings (SSSR count). The molecule has 7 nitrogen and oxygen atoms in total. The van der Waals surface area contributed by atoms with Crippen LogP contribution in [-0.2, 0) is 18.4 Å². The van der Waals surface area contributed by atoms with Crippen LogP contribution in [0.3, 0.4) is 0 Å². The third kappa shape index (κ3) is 2.17. The van der Waals surface area contributed by atoms with Crippen molar-refractivity contribution in [1.29, 1.82) is 0 Å². The first-order valence-electron chi connectivity index (χ1n) is 5.78. The summed E-state index contributed by atoms with van der Waals surface area (Å²) in [7, 11) is 1.84. The van der Waals surface area contributed by atoms with E-state index in [0.29, 0.717) is 5.82 Å². The maximum atomic E-state index is 11.9. The van der Waals surface area contributed by atoms with Crippen LogP contribution in [0.2, 0.25) is 0 Å². The molecular formula is C12H12N6O. The van der Waals surface area contributed by atoms with Gasteiger partial charge in [0.15, 0.2) is 5.82 Å². The summed E-state index contributed by atoms with van der Waals surface area (Å²) in [6, 6.07) is 7.73. The number of nitrogens with zero attached hydrogens (tertiary/aromatic N) is 5. The Balaban J connectivity index is 1.83. The van der Waals surface area contributed by atoms with Gasteiger partial charge in [-0.1, -0.05) is 12.1 Å². The molecule has 0 saturated heterocycles. The molecular weight excluding hydrogens is 244 g/mol. The molecule has 1 N–H and O–H groups in total. The van der Waals surface area contributed by atoms with Crippen molar-refractivity contribution >= 4 is 22.6 Å². The number of para-hydroxylation sites is 1. The molecule has 96 valence electrons. The number of hydrogen-bond donors (Lipinski definition) is 1. The SMILES string of the molecule is Cn1nc(NC(=O)Cn2cncn2)c2ccccc21. The van der Waals surface area contributed by atoms with Gasteiger partial charge >= 0.3 is 0 Å². The third-order valence-electron chi connectivity index (χ3n) is 2.79. The smallest absolute Gasteiger partial charge is 0.247 e. The Labute approximate surface area is 108 Å². The lowest BCUT2D eigenvalue weighted by atomic mass is 10.2. The monoisotopic (exact) mass is 256 g/mol. The van der Waals surface area contributed by atoms with E-state index in [4.69, 9.17) is 0 Å². The molecule has 0 aliphatic carbocycles. The van der Waals surface area contributed by atoms with Gasteiger partial charge in [-0.15, -0.1) is 0 Å². The zero-order chi connectivity index (χ0) is 13.2. The molecule has 7 heteroatoms. The van der Waals surface area contributed by atoms with Crippen LogP contribution in [-0.4, -0.2) is 30.5 Å². The number of carbonyl (C=O) groups is 1. The van der Waals surface area contributed by atoms with Gasteiger partial charge in [-0.05, 0) is 12.1 Å². The van der Waals surface area contributed by atoms with E-state index >= 15 is 0 Å². The molecule has 19 heavy (non-hydrogen) atoms. The van der Waals surface area contributed by atoms with Crippen LogP contribution in [0.15, 0.2) is 36.9 Å². The van der Waals surface area contributed by atoms with Crippen molar-refractivity contribution in [3.05, 3.63) is 36.9 Å². The van der Waals surface area contributed by atoms with E-state index in [1.165, 1.54) is 17.3 Å². The number of anilines is 1. The van der Waals surface area contributed by atoms with E-state index in [9.17, 15) is 4.79 Å². The fourth-order valence-corrected chi connectivity index (χ4v) is 1.94. The number of aromatic nitrogens is 5. The number of benzene rings is 1. The zero-order valence-electron chi connectivity index (χ0n) is 10.3. The standard InChI is InChI=1S/C12H12N6O/c1-17-10-5-3-2-4-9(10)12(16-17)15-11(19)6-18-8-13-7-14-18/h2-5,7-8H,6H2,1H3,(H,15,16,19). The summed E-state index contributed by atoms with van der Waals surface area (Å²) in [5.41, 5.74) is 0.971. The number of fused-ring (bicyclic) bond motifs is 1. The van der Waals surface area contributed by atoms with Gasteiger partial charge in [-0.2, -0.15) is 10.2 Å². The van der Waals surface area contributed by atoms with E-state index in [1.807, 2.05) is 31.3 Å². The Morgan fingerprint density at radius 3 is 3.00 bits per heavy atom. The van der Waals surface area contributed by atoms with Crippen LogP contribution < -0.4 is 5.32 Å². The summed E-state index contributed by atoms with van der Waals surface area (Å²) >= 11 is 0. The van der Waals surface area contributed by atoms with E-state index < -0.39 is 0 Å². The maximum Gasteiger partial charge on any atom is 0.247 e. The lowest BCUT2D eigenvalue weighted by Crippen LogP contribution is -2.19. The van der Waals surface area contributed by atoms with Crippen molar-refractivity contribution in [3.8, 4) is 0 Å². The summed E-state index contributed by atoms with van der Waals surface area (Å²) in [5, 5.41) is 11.9. The second-order valence-corrected chi connectivity index (χ2v) is 4.13. The van der Waals surface area contributed by atoms with Gasteiger partial charge in [0.2, 0.25) is 5.91 Å². The molecule has 0 bridgehead atoms. The minimum Gasteiger partial charge on any atom is -0.307 e. The average molecular weight is 256 g/mol. The first-order valence-corrected chi connectivity index (χ1v) is 5.78. The van der Waals surface area contributed by atoms with Crippen molar-refractivity contribution in [1.82, 2.24) is 24.5 Å². The topological polar surface area (TPSA) is 77.6 Å². The van der Waals surface area contributed by atoms with Crippen molar-refractivity contribution < 1.29 is 4.79 Å². The molecule has 0 aliphatic rings. The van der Waals surface area contributed by atoms with Crippen molar-refractivity contribution in [2.24, 2.45) is 7.05 Å². The summed E-state index contributed by atoms with van der Waals surface area (Å²) in [4.78, 5) is 15.7. The number of rotatable bonds is 3. The second kappa shape index (κ2) is 4.52. The molecule has 0 unspecified atom stereocenters. The normalized spacial score (nSPS) is 10.8. The molecule has 1 aromatic carbocycles. The molecule has 0 radical (unpaired) electrons. The number of amides is 1. The fraction of sp³-hybridized carbons (Fsp3) is 0.167. The van der Waals surface area contributed by atoms with Gasteiger partial charge in [-0.3, -0.25) is 9.48 Å². The molecule has 0 atom stereocenters. The van der Waals surface area contributed by atoms with Crippen LogP contribution in [0.1, 0.15) is 0 Å². The first-order chi connectivity index (χ1) is 9.24. The Morgan fingerprint density at radius 2 is 2.21 bits per heavy atom. The van der Waals surface area contributed by atoms with Crippen molar-refractivity contribution in [3.63, 3.8) is 0 Å². The Hall–Kier alpha value is -2.70. The summed E-state index contributed by atoms with van der Waals surface area (Å²) in [6.07, 6.45) is 2.89. The lowest BCUT2D eigenvalue weighted by Gasteiger charge is -2.02. The molecule has 1 amide bonds. The highest BCUT2D eigenvalue weighted by Crippen LogP contribution is 2.21. The summed E-state index contributed by atoms with van der Waals surface area (Å²) in [5.74, 6) is 0.373. The molecule has 0 aliphatic heterocycles. The molecule has 2 heterocycles. The lowest BCUT2D eigenvalue weighted by molar-refractivity contribution is -0.116. The number of hydrogen-bond acceptors (Lipinski definition) is 4. The third-order valence-corrected chi connectivity index (χ3v) is 2.79. The van der Waals surface area contributed by atoms with Crippen LogP contribution in [0.4, 0.5) is 5.82 Å². The van der Waals surface area contributed by atoms with Crippen LogP contribution >= 0.6 is 0 Å². The predicted octanol–water partition coefficient (Wildman–Crippen LogP) is 0.803. The quantitative estimate of drug-likeness (QED) is 0.752. The minimum absolute atomic E-state index is 0.116. The Morgan fingerprint density at radius 1 is 1.37 bits per heavy atom. The summed E-state index contributed by atoms with van der Waals surface area (Å²) < 4.78 is 3.20. The van der Waals surface area contributed by atoms with E-state index in [-0.39, 0.29) is 12.5 Å². The van der Waals surface area contributed by atoms with Gasteiger partial charge in [-0.25, -0.2) is 9.67 Å². The number of aryl methyl sites for hydroxylation is 1. The van der Waals surface area contributed by atoms with Crippen LogP contribution in [0.5, 0.6) is 0 Å². The van der Waals surface area contributed by atoms with Gasteiger partial charge in [0.1, 0.15) is 19.2 Å². The average Bonchev–Trinajstić information content (AvgIpc) is 3.00. The Kier molecular flexibility index (Phi) is 2.71. The highest BCUT2D eigenvalue weighted by Gasteiger charge is 2.11.